The smallest absolute Gasteiger partial charge is 0.271 e. The second-order valence-electron chi connectivity index (χ2n) is 9.14. The molecule has 0 saturated heterocycles. The molecule has 0 saturated carbocycles. The Kier molecular flexibility index (Phi) is 5.96. The molecule has 6 rings (SSSR count). The predicted octanol–water partition coefficient (Wildman–Crippen LogP) is 2.70. The maximum Gasteiger partial charge on any atom is 0.271 e. The number of rotatable bonds is 5. The molecule has 2 heterocycles. The minimum Gasteiger partial charge on any atom is -0.545 e. The molecule has 4 aromatic rings. The summed E-state index contributed by atoms with van der Waals surface area (Å²) in [6, 6.07) is 20.0. The lowest BCUT2D eigenvalue weighted by Gasteiger charge is -2.31. The van der Waals surface area contributed by atoms with E-state index in [1.807, 2.05) is 30.3 Å². The van der Waals surface area contributed by atoms with E-state index >= 15 is 0 Å². The molecule has 1 unspecified atom stereocenters. The van der Waals surface area contributed by atoms with E-state index in [0.717, 1.165) is 40.8 Å². The fourth-order valence-electron chi connectivity index (χ4n) is 5.21. The molecule has 0 radical (unpaired) electrons. The SMILES string of the molecule is COc1ccc(C2C3=C(N=c4s/c(=C/c5ccc(C(=O)[O-])cc5)c(=O)n42)c2ccccc2CC3)cc1OC. The number of aromatic carboxylic acids is 1. The molecule has 38 heavy (non-hydrogen) atoms. The molecule has 1 aliphatic carbocycles. The second kappa shape index (κ2) is 9.46. The quantitative estimate of drug-likeness (QED) is 0.401. The third-order valence-corrected chi connectivity index (χ3v) is 8.02. The molecule has 1 aliphatic heterocycles. The van der Waals surface area contributed by atoms with Gasteiger partial charge in [-0.3, -0.25) is 9.36 Å². The summed E-state index contributed by atoms with van der Waals surface area (Å²) in [6.07, 6.45) is 3.41. The number of allylic oxidation sites excluding steroid dienone is 1. The van der Waals surface area contributed by atoms with E-state index in [0.29, 0.717) is 20.8 Å². The molecule has 8 heteroatoms. The number of carboxylic acids is 1. The molecule has 3 aromatic carbocycles. The van der Waals surface area contributed by atoms with Crippen molar-refractivity contribution in [2.75, 3.05) is 14.2 Å². The van der Waals surface area contributed by atoms with E-state index in [2.05, 4.69) is 12.1 Å². The number of hydrogen-bond acceptors (Lipinski definition) is 7. The Morgan fingerprint density at radius 1 is 1.03 bits per heavy atom. The van der Waals surface area contributed by atoms with Crippen molar-refractivity contribution in [2.24, 2.45) is 4.99 Å². The summed E-state index contributed by atoms with van der Waals surface area (Å²) >= 11 is 1.32. The van der Waals surface area contributed by atoms with Crippen molar-refractivity contribution in [2.45, 2.75) is 18.9 Å². The van der Waals surface area contributed by atoms with Gasteiger partial charge in [0.25, 0.3) is 5.56 Å². The Bertz CT molecular complexity index is 1800. The highest BCUT2D eigenvalue weighted by Gasteiger charge is 2.33. The average molecular weight is 524 g/mol. The third-order valence-electron chi connectivity index (χ3n) is 7.04. The van der Waals surface area contributed by atoms with Crippen LogP contribution in [-0.4, -0.2) is 24.8 Å². The van der Waals surface area contributed by atoms with Crippen LogP contribution in [0.3, 0.4) is 0 Å². The van der Waals surface area contributed by atoms with E-state index < -0.39 is 5.97 Å². The molecular weight excluding hydrogens is 500 g/mol. The Hall–Kier alpha value is -4.43. The number of fused-ring (bicyclic) bond motifs is 3. The van der Waals surface area contributed by atoms with Gasteiger partial charge in [0.05, 0.1) is 36.5 Å². The van der Waals surface area contributed by atoms with Gasteiger partial charge in [-0.1, -0.05) is 65.9 Å². The predicted molar refractivity (Wildman–Crippen MR) is 143 cm³/mol. The topological polar surface area (TPSA) is 93.0 Å². The lowest BCUT2D eigenvalue weighted by atomic mass is 9.83. The molecule has 0 amide bonds. The summed E-state index contributed by atoms with van der Waals surface area (Å²) in [6.45, 7) is 0. The van der Waals surface area contributed by atoms with Crippen LogP contribution in [0.1, 0.15) is 45.1 Å². The first-order chi connectivity index (χ1) is 18.5. The zero-order chi connectivity index (χ0) is 26.4. The molecule has 190 valence electrons. The first-order valence-corrected chi connectivity index (χ1v) is 13.0. The lowest BCUT2D eigenvalue weighted by molar-refractivity contribution is -0.255. The monoisotopic (exact) mass is 523 g/mol. The van der Waals surface area contributed by atoms with E-state index in [-0.39, 0.29) is 17.2 Å². The lowest BCUT2D eigenvalue weighted by Crippen LogP contribution is -2.38. The van der Waals surface area contributed by atoms with Crippen molar-refractivity contribution in [1.82, 2.24) is 4.57 Å². The molecule has 7 nitrogen and oxygen atoms in total. The number of carbonyl (C=O) groups excluding carboxylic acids is 1. The zero-order valence-electron chi connectivity index (χ0n) is 20.8. The number of hydrogen-bond donors (Lipinski definition) is 0. The summed E-state index contributed by atoms with van der Waals surface area (Å²) in [4.78, 5) is 30.6. The van der Waals surface area contributed by atoms with Gasteiger partial charge in [0.1, 0.15) is 0 Å². The number of benzene rings is 3. The van der Waals surface area contributed by atoms with Crippen molar-refractivity contribution >= 4 is 29.1 Å². The van der Waals surface area contributed by atoms with Crippen LogP contribution in [0.2, 0.25) is 0 Å². The van der Waals surface area contributed by atoms with Crippen LogP contribution in [-0.2, 0) is 6.42 Å². The van der Waals surface area contributed by atoms with E-state index in [1.54, 1.807) is 37.0 Å². The number of carboxylic acid groups (broad SMARTS) is 1. The summed E-state index contributed by atoms with van der Waals surface area (Å²) in [7, 11) is 3.19. The summed E-state index contributed by atoms with van der Waals surface area (Å²) in [5.74, 6) is -0.0286. The second-order valence-corrected chi connectivity index (χ2v) is 10.1. The minimum atomic E-state index is -1.24. The molecule has 1 atom stereocenters. The van der Waals surface area contributed by atoms with Gasteiger partial charge in [-0.25, -0.2) is 4.99 Å². The highest BCUT2D eigenvalue weighted by molar-refractivity contribution is 7.07. The number of aryl methyl sites for hydroxylation is 1. The molecule has 0 bridgehead atoms. The molecule has 0 N–H and O–H groups in total. The fourth-order valence-corrected chi connectivity index (χ4v) is 6.21. The Morgan fingerprint density at radius 2 is 1.79 bits per heavy atom. The Labute approximate surface area is 222 Å². The minimum absolute atomic E-state index is 0.0865. The highest BCUT2D eigenvalue weighted by atomic mass is 32.1. The van der Waals surface area contributed by atoms with Gasteiger partial charge in [-0.2, -0.15) is 0 Å². The zero-order valence-corrected chi connectivity index (χ0v) is 21.6. The van der Waals surface area contributed by atoms with Crippen molar-refractivity contribution < 1.29 is 19.4 Å². The van der Waals surface area contributed by atoms with Gasteiger partial charge in [0.2, 0.25) is 0 Å². The van der Waals surface area contributed by atoms with Gasteiger partial charge in [0.15, 0.2) is 16.3 Å². The number of methoxy groups -OCH3 is 2. The van der Waals surface area contributed by atoms with Crippen LogP contribution in [0, 0.1) is 0 Å². The Morgan fingerprint density at radius 3 is 2.53 bits per heavy atom. The first kappa shape index (κ1) is 23.9. The van der Waals surface area contributed by atoms with Crippen LogP contribution < -0.4 is 29.5 Å². The van der Waals surface area contributed by atoms with E-state index in [4.69, 9.17) is 14.5 Å². The van der Waals surface area contributed by atoms with Crippen molar-refractivity contribution in [3.8, 4) is 11.5 Å². The van der Waals surface area contributed by atoms with Crippen molar-refractivity contribution in [3.63, 3.8) is 0 Å². The highest BCUT2D eigenvalue weighted by Crippen LogP contribution is 2.42. The van der Waals surface area contributed by atoms with Crippen LogP contribution >= 0.6 is 11.3 Å². The van der Waals surface area contributed by atoms with E-state index in [1.165, 1.54) is 29.0 Å². The molecule has 0 fully saturated rings. The number of thiazole rings is 1. The standard InChI is InChI=1S/C30H24N2O5S/c1-36-23-14-12-20(16-24(23)37-2)27-22-13-11-18-5-3-4-6-21(18)26(22)31-30-32(27)28(33)25(38-30)15-17-7-9-19(10-8-17)29(34)35/h3-10,12,14-16,27H,11,13H2,1-2H3,(H,34,35)/p-1/b25-15+. The summed E-state index contributed by atoms with van der Waals surface area (Å²) in [5.41, 5.74) is 5.91. The molecule has 0 spiro atoms. The van der Waals surface area contributed by atoms with Gasteiger partial charge < -0.3 is 19.4 Å². The van der Waals surface area contributed by atoms with Crippen LogP contribution in [0.5, 0.6) is 11.5 Å². The first-order valence-electron chi connectivity index (χ1n) is 12.1. The largest absolute Gasteiger partial charge is 0.545 e. The average Bonchev–Trinajstić information content (AvgIpc) is 3.25. The third kappa shape index (κ3) is 3.94. The van der Waals surface area contributed by atoms with Crippen LogP contribution in [0.25, 0.3) is 11.8 Å². The van der Waals surface area contributed by atoms with Crippen molar-refractivity contribution in [1.29, 1.82) is 0 Å². The summed E-state index contributed by atoms with van der Waals surface area (Å²) < 4.78 is 13.3. The fraction of sp³-hybridized carbons (Fsp3) is 0.167. The van der Waals surface area contributed by atoms with Gasteiger partial charge in [0, 0.05) is 5.56 Å². The number of carbonyl (C=O) groups is 1. The number of nitrogens with zero attached hydrogens (tertiary/aromatic N) is 2. The van der Waals surface area contributed by atoms with Gasteiger partial charge in [-0.05, 0) is 58.9 Å². The molecular formula is C30H23N2O5S-. The number of ether oxygens (including phenoxy) is 2. The maximum atomic E-state index is 13.9. The number of aromatic nitrogens is 1. The molecule has 1 aromatic heterocycles. The van der Waals surface area contributed by atoms with Gasteiger partial charge >= 0.3 is 0 Å². The van der Waals surface area contributed by atoms with Crippen LogP contribution in [0.4, 0.5) is 0 Å². The van der Waals surface area contributed by atoms with Crippen LogP contribution in [0.15, 0.2) is 82.1 Å². The maximum absolute atomic E-state index is 13.9. The summed E-state index contributed by atoms with van der Waals surface area (Å²) in [5, 5.41) is 11.1. The van der Waals surface area contributed by atoms with Gasteiger partial charge in [-0.15, -0.1) is 0 Å². The normalized spacial score (nSPS) is 16.3. The van der Waals surface area contributed by atoms with E-state index in [9.17, 15) is 14.7 Å². The van der Waals surface area contributed by atoms with Crippen molar-refractivity contribution in [3.05, 3.63) is 120 Å². The Balaban J connectivity index is 1.58. The molecule has 2 aliphatic rings.